The van der Waals surface area contributed by atoms with E-state index in [2.05, 4.69) is 15.0 Å². The van der Waals surface area contributed by atoms with Gasteiger partial charge in [0.25, 0.3) is 5.69 Å². The molecule has 5 rings (SSSR count). The third-order valence-corrected chi connectivity index (χ3v) is 7.05. The number of nitro groups is 1. The average Bonchev–Trinajstić information content (AvgIpc) is 3.53. The molecule has 1 aliphatic heterocycles. The van der Waals surface area contributed by atoms with Crippen molar-refractivity contribution in [2.45, 2.75) is 12.1 Å². The number of hydrogen-bond acceptors (Lipinski definition) is 8. The Balaban J connectivity index is 1.56. The van der Waals surface area contributed by atoms with Crippen molar-refractivity contribution < 1.29 is 22.5 Å². The number of pyridine rings is 1. The molecule has 2 aromatic carbocycles. The van der Waals surface area contributed by atoms with Gasteiger partial charge in [-0.1, -0.05) is 6.07 Å². The highest BCUT2D eigenvalue weighted by molar-refractivity contribution is 7.92. The first-order valence-corrected chi connectivity index (χ1v) is 14.0. The van der Waals surface area contributed by atoms with Crippen LogP contribution in [0.1, 0.15) is 23.5 Å². The van der Waals surface area contributed by atoms with E-state index in [1.54, 1.807) is 42.6 Å². The third-order valence-electron chi connectivity index (χ3n) is 6.13. The van der Waals surface area contributed by atoms with Crippen LogP contribution in [0.3, 0.4) is 0 Å². The van der Waals surface area contributed by atoms with Crippen molar-refractivity contribution in [2.24, 2.45) is 0 Å². The summed E-state index contributed by atoms with van der Waals surface area (Å²) in [6, 6.07) is 19.5. The van der Waals surface area contributed by atoms with Crippen LogP contribution in [0.25, 0.3) is 11.3 Å². The zero-order valence-corrected chi connectivity index (χ0v) is 22.4. The maximum atomic E-state index is 11.6. The molecule has 0 saturated carbocycles. The summed E-state index contributed by atoms with van der Waals surface area (Å²) in [4.78, 5) is 17.1. The fourth-order valence-electron chi connectivity index (χ4n) is 4.48. The first-order valence-electron chi connectivity index (χ1n) is 11.7. The molecule has 1 saturated heterocycles. The second kappa shape index (κ2) is 10.3. The van der Waals surface area contributed by atoms with Gasteiger partial charge in [-0.3, -0.25) is 19.8 Å². The summed E-state index contributed by atoms with van der Waals surface area (Å²) in [7, 11) is -1.99. The Bertz CT molecular complexity index is 1640. The third kappa shape index (κ3) is 5.40. The van der Waals surface area contributed by atoms with Gasteiger partial charge in [-0.15, -0.1) is 0 Å². The number of benzene rings is 2. The minimum atomic E-state index is -3.43. The summed E-state index contributed by atoms with van der Waals surface area (Å²) < 4.78 is 37.5. The molecule has 3 heterocycles. The van der Waals surface area contributed by atoms with Crippen LogP contribution >= 0.6 is 12.2 Å². The molecule has 200 valence electrons. The van der Waals surface area contributed by atoms with Gasteiger partial charge in [0.1, 0.15) is 23.3 Å². The first kappa shape index (κ1) is 26.1. The van der Waals surface area contributed by atoms with Crippen molar-refractivity contribution in [3.63, 3.8) is 0 Å². The molecule has 1 aliphatic rings. The molecule has 0 bridgehead atoms. The van der Waals surface area contributed by atoms with E-state index in [1.807, 2.05) is 29.2 Å². The van der Waals surface area contributed by atoms with E-state index >= 15 is 0 Å². The number of thiocarbonyl (C=S) groups is 1. The predicted molar refractivity (Wildman–Crippen MR) is 150 cm³/mol. The Labute approximate surface area is 229 Å². The van der Waals surface area contributed by atoms with Crippen LogP contribution in [0, 0.1) is 10.1 Å². The van der Waals surface area contributed by atoms with Gasteiger partial charge in [-0.25, -0.2) is 8.42 Å². The van der Waals surface area contributed by atoms with Gasteiger partial charge in [0.05, 0.1) is 41.7 Å². The number of non-ortho nitro benzene ring substituents is 1. The molecule has 0 spiro atoms. The number of nitrogens with one attached hydrogen (secondary N) is 2. The Morgan fingerprint density at radius 3 is 2.54 bits per heavy atom. The molecule has 1 fully saturated rings. The van der Waals surface area contributed by atoms with Crippen LogP contribution in [0.15, 0.2) is 83.4 Å². The van der Waals surface area contributed by atoms with Gasteiger partial charge in [0.15, 0.2) is 5.11 Å². The molecule has 4 aromatic rings. The van der Waals surface area contributed by atoms with Crippen molar-refractivity contribution in [1.82, 2.24) is 10.3 Å². The van der Waals surface area contributed by atoms with Gasteiger partial charge in [0.2, 0.25) is 10.0 Å². The summed E-state index contributed by atoms with van der Waals surface area (Å²) >= 11 is 5.73. The molecule has 0 amide bonds. The summed E-state index contributed by atoms with van der Waals surface area (Å²) in [6.45, 7) is 0. The zero-order valence-electron chi connectivity index (χ0n) is 20.8. The molecular formula is C26H23N5O6S2. The van der Waals surface area contributed by atoms with Gasteiger partial charge in [0, 0.05) is 23.6 Å². The summed E-state index contributed by atoms with van der Waals surface area (Å²) in [5, 5.41) is 15.0. The van der Waals surface area contributed by atoms with E-state index in [-0.39, 0.29) is 11.7 Å². The number of nitrogens with zero attached hydrogens (tertiary/aromatic N) is 3. The molecule has 11 nitrogen and oxygen atoms in total. The van der Waals surface area contributed by atoms with Gasteiger partial charge in [-0.05, 0) is 66.8 Å². The van der Waals surface area contributed by atoms with Crippen LogP contribution < -0.4 is 19.7 Å². The number of nitro benzene ring substituents is 1. The number of anilines is 2. The van der Waals surface area contributed by atoms with E-state index in [0.29, 0.717) is 39.3 Å². The summed E-state index contributed by atoms with van der Waals surface area (Å²) in [5.74, 6) is 1.32. The fourth-order valence-corrected chi connectivity index (χ4v) is 5.39. The van der Waals surface area contributed by atoms with Crippen molar-refractivity contribution in [1.29, 1.82) is 0 Å². The minimum Gasteiger partial charge on any atom is -0.496 e. The molecule has 2 aromatic heterocycles. The highest BCUT2D eigenvalue weighted by Crippen LogP contribution is 2.44. The molecule has 0 unspecified atom stereocenters. The van der Waals surface area contributed by atoms with Crippen molar-refractivity contribution in [3.05, 3.63) is 101 Å². The molecule has 0 radical (unpaired) electrons. The molecule has 39 heavy (non-hydrogen) atoms. The molecular weight excluding hydrogens is 542 g/mol. The van der Waals surface area contributed by atoms with Crippen LogP contribution in [0.5, 0.6) is 5.75 Å². The van der Waals surface area contributed by atoms with Gasteiger partial charge in [-0.2, -0.15) is 0 Å². The van der Waals surface area contributed by atoms with Crippen LogP contribution in [0.2, 0.25) is 0 Å². The molecule has 2 atom stereocenters. The largest absolute Gasteiger partial charge is 0.496 e. The Morgan fingerprint density at radius 1 is 1.13 bits per heavy atom. The van der Waals surface area contributed by atoms with E-state index in [4.69, 9.17) is 21.4 Å². The van der Waals surface area contributed by atoms with E-state index in [9.17, 15) is 18.5 Å². The van der Waals surface area contributed by atoms with Gasteiger partial charge < -0.3 is 19.4 Å². The lowest BCUT2D eigenvalue weighted by Gasteiger charge is -2.26. The second-order valence-corrected chi connectivity index (χ2v) is 10.9. The van der Waals surface area contributed by atoms with Crippen LogP contribution in [-0.2, 0) is 10.0 Å². The Hall–Kier alpha value is -4.49. The number of methoxy groups -OCH3 is 1. The Kier molecular flexibility index (Phi) is 6.93. The fraction of sp³-hybridized carbons (Fsp3) is 0.154. The SMILES string of the molecule is COc1cc([N+](=O)[O-])ccc1-c1ccc([C@@H]2[C@@H](c3ccccn3)NC(=S)N2c2ccc(NS(C)(=O)=O)cc2)o1. The number of rotatable bonds is 8. The van der Waals surface area contributed by atoms with Crippen LogP contribution in [-0.4, -0.2) is 36.8 Å². The summed E-state index contributed by atoms with van der Waals surface area (Å²) in [6.07, 6.45) is 2.78. The molecule has 0 aliphatic carbocycles. The average molecular weight is 566 g/mol. The summed E-state index contributed by atoms with van der Waals surface area (Å²) in [5.41, 5.74) is 2.33. The number of sulfonamides is 1. The molecule has 13 heteroatoms. The van der Waals surface area contributed by atoms with Crippen molar-refractivity contribution in [2.75, 3.05) is 23.0 Å². The number of furan rings is 1. The van der Waals surface area contributed by atoms with Crippen LogP contribution in [0.4, 0.5) is 17.1 Å². The lowest BCUT2D eigenvalue weighted by Crippen LogP contribution is -2.29. The number of ether oxygens (including phenoxy) is 1. The van der Waals surface area contributed by atoms with Gasteiger partial charge >= 0.3 is 0 Å². The minimum absolute atomic E-state index is 0.0945. The van der Waals surface area contributed by atoms with Crippen molar-refractivity contribution in [3.8, 4) is 17.1 Å². The quantitative estimate of drug-likeness (QED) is 0.174. The topological polar surface area (TPSA) is 140 Å². The number of aromatic nitrogens is 1. The maximum Gasteiger partial charge on any atom is 0.273 e. The van der Waals surface area contributed by atoms with E-state index in [1.165, 1.54) is 19.2 Å². The van der Waals surface area contributed by atoms with E-state index < -0.39 is 21.0 Å². The van der Waals surface area contributed by atoms with Crippen molar-refractivity contribution >= 4 is 44.4 Å². The van der Waals surface area contributed by atoms with E-state index in [0.717, 1.165) is 11.9 Å². The smallest absolute Gasteiger partial charge is 0.273 e. The predicted octanol–water partition coefficient (Wildman–Crippen LogP) is 4.81. The lowest BCUT2D eigenvalue weighted by molar-refractivity contribution is -0.384. The normalized spacial score (nSPS) is 17.1. The standard InChI is InChI=1S/C26H23N5O6S2/c1-36-23-15-18(31(32)33)10-11-19(23)21-12-13-22(37-21)25-24(20-5-3-4-14-27-20)28-26(38)30(25)17-8-6-16(7-9-17)29-39(2,34)35/h3-15,24-25,29H,1-2H3,(H,28,38)/t24-,25-/m1/s1. The monoisotopic (exact) mass is 565 g/mol. The highest BCUT2D eigenvalue weighted by atomic mass is 32.2. The lowest BCUT2D eigenvalue weighted by atomic mass is 10.0. The molecule has 2 N–H and O–H groups in total. The zero-order chi connectivity index (χ0) is 27.7. The number of hydrogen-bond donors (Lipinski definition) is 2. The second-order valence-electron chi connectivity index (χ2n) is 8.76. The Morgan fingerprint density at radius 2 is 1.90 bits per heavy atom. The highest BCUT2D eigenvalue weighted by Gasteiger charge is 2.42. The maximum absolute atomic E-state index is 11.6. The first-order chi connectivity index (χ1) is 18.6.